The molecule has 1 atom stereocenters. The highest BCUT2D eigenvalue weighted by Crippen LogP contribution is 2.27. The fraction of sp³-hybridized carbons (Fsp3) is 0.400. The van der Waals surface area contributed by atoms with E-state index in [2.05, 4.69) is 0 Å². The van der Waals surface area contributed by atoms with E-state index in [1.54, 1.807) is 19.9 Å². The zero-order chi connectivity index (χ0) is 12.5. The lowest BCUT2D eigenvalue weighted by Crippen LogP contribution is -2.23. The third-order valence-electron chi connectivity index (χ3n) is 2.10. The highest BCUT2D eigenvalue weighted by Gasteiger charge is 2.36. The molecule has 2 nitrogen and oxygen atoms in total. The standard InChI is InChI=1S/C10H12F3NOS/c1-6-3-7(2)9(4-8(6)14)16(15)5-10(11,12)13/h3-4H,5,14H2,1-2H3. The van der Waals surface area contributed by atoms with Crippen molar-refractivity contribution >= 4 is 16.9 Å². The lowest BCUT2D eigenvalue weighted by atomic mass is 10.1. The summed E-state index contributed by atoms with van der Waals surface area (Å²) in [5.74, 6) is -1.34. The molecular weight excluding hydrogens is 239 g/mol. The highest BCUT2D eigenvalue weighted by molar-refractivity contribution is 7.91. The van der Waals surface area contributed by atoms with Crippen molar-refractivity contribution in [2.75, 3.05) is 11.5 Å². The number of benzene rings is 1. The molecule has 90 valence electrons. The monoisotopic (exact) mass is 251 g/mol. The molecule has 1 unspecified atom stereocenters. The van der Waals surface area contributed by atoms with Crippen LogP contribution in [0.5, 0.6) is 0 Å². The Balaban J connectivity index is 3.00. The summed E-state index contributed by atoms with van der Waals surface area (Å²) < 4.78 is 47.7. The predicted octanol–water partition coefficient (Wildman–Crippen LogP) is 2.56. The van der Waals surface area contributed by atoms with Gasteiger partial charge in [-0.3, -0.25) is 0 Å². The number of alkyl halides is 3. The molecule has 0 saturated carbocycles. The van der Waals surface area contributed by atoms with Crippen molar-refractivity contribution in [3.05, 3.63) is 23.3 Å². The summed E-state index contributed by atoms with van der Waals surface area (Å²) >= 11 is -2.09. The molecule has 0 aliphatic heterocycles. The average Bonchev–Trinajstić information content (AvgIpc) is 2.08. The van der Waals surface area contributed by atoms with Crippen molar-refractivity contribution < 1.29 is 17.7 Å². The minimum absolute atomic E-state index is 0.153. The van der Waals surface area contributed by atoms with Crippen LogP contribution in [0.3, 0.4) is 0 Å². The van der Waals surface area contributed by atoms with Crippen molar-refractivity contribution in [1.82, 2.24) is 0 Å². The second-order valence-corrected chi connectivity index (χ2v) is 5.00. The number of halogens is 3. The van der Waals surface area contributed by atoms with Gasteiger partial charge in [-0.1, -0.05) is 0 Å². The molecule has 0 radical (unpaired) electrons. The van der Waals surface area contributed by atoms with Crippen LogP contribution in [0.1, 0.15) is 11.1 Å². The van der Waals surface area contributed by atoms with Crippen LogP contribution in [0.4, 0.5) is 18.9 Å². The van der Waals surface area contributed by atoms with Gasteiger partial charge in [0.15, 0.2) is 4.90 Å². The zero-order valence-corrected chi connectivity index (χ0v) is 9.71. The van der Waals surface area contributed by atoms with Crippen molar-refractivity contribution in [3.63, 3.8) is 0 Å². The third-order valence-corrected chi connectivity index (χ3v) is 3.62. The molecule has 0 saturated heterocycles. The molecule has 0 heterocycles. The maximum atomic E-state index is 12.1. The molecule has 1 aromatic carbocycles. The fourth-order valence-electron chi connectivity index (χ4n) is 1.32. The Hall–Kier alpha value is -0.880. The van der Waals surface area contributed by atoms with Gasteiger partial charge >= 0.3 is 6.18 Å². The minimum atomic E-state index is -4.43. The smallest absolute Gasteiger partial charge is 0.433 e. The first kappa shape index (κ1) is 13.2. The summed E-state index contributed by atoms with van der Waals surface area (Å²) in [6.45, 7) is 3.37. The van der Waals surface area contributed by atoms with Crippen LogP contribution in [-0.4, -0.2) is 16.5 Å². The number of hydrogen-bond acceptors (Lipinski definition) is 2. The first-order chi connectivity index (χ1) is 7.20. The number of aryl methyl sites for hydroxylation is 2. The van der Waals surface area contributed by atoms with E-state index < -0.39 is 23.1 Å². The highest BCUT2D eigenvalue weighted by atomic mass is 32.2. The molecule has 0 aliphatic carbocycles. The Kier molecular flexibility index (Phi) is 3.75. The molecular formula is C10H12F3NOS. The first-order valence-electron chi connectivity index (χ1n) is 4.52. The van der Waals surface area contributed by atoms with E-state index in [-0.39, 0.29) is 4.90 Å². The van der Waals surface area contributed by atoms with Crippen molar-refractivity contribution in [3.8, 4) is 0 Å². The second-order valence-electron chi connectivity index (χ2n) is 3.58. The normalized spacial score (nSPS) is 13.9. The Bertz CT molecular complexity index is 392. The van der Waals surface area contributed by atoms with E-state index in [0.717, 1.165) is 5.56 Å². The van der Waals surface area contributed by atoms with Gasteiger partial charge in [0.1, 0.15) is 0 Å². The molecule has 0 aliphatic rings. The van der Waals surface area contributed by atoms with Crippen LogP contribution in [0.25, 0.3) is 0 Å². The van der Waals surface area contributed by atoms with Crippen molar-refractivity contribution in [2.24, 2.45) is 0 Å². The molecule has 0 amide bonds. The van der Waals surface area contributed by atoms with E-state index >= 15 is 0 Å². The van der Waals surface area contributed by atoms with Gasteiger partial charge < -0.3 is 10.3 Å². The number of hydrogen-bond donors (Lipinski definition) is 1. The van der Waals surface area contributed by atoms with Crippen LogP contribution in [0.15, 0.2) is 17.0 Å². The largest absolute Gasteiger partial charge is 0.611 e. The Morgan fingerprint density at radius 3 is 2.31 bits per heavy atom. The molecule has 2 N–H and O–H groups in total. The average molecular weight is 251 g/mol. The lowest BCUT2D eigenvalue weighted by Gasteiger charge is -2.15. The molecule has 1 aromatic rings. The second kappa shape index (κ2) is 4.55. The Labute approximate surface area is 94.8 Å². The van der Waals surface area contributed by atoms with Gasteiger partial charge in [-0.05, 0) is 36.7 Å². The molecule has 0 bridgehead atoms. The summed E-state index contributed by atoms with van der Waals surface area (Å²) in [7, 11) is 0. The number of nitrogens with two attached hydrogens (primary N) is 1. The van der Waals surface area contributed by atoms with Gasteiger partial charge in [-0.15, -0.1) is 0 Å². The molecule has 6 heteroatoms. The first-order valence-corrected chi connectivity index (χ1v) is 5.84. The zero-order valence-electron chi connectivity index (χ0n) is 8.89. The third kappa shape index (κ3) is 3.31. The number of anilines is 1. The van der Waals surface area contributed by atoms with E-state index in [1.807, 2.05) is 0 Å². The minimum Gasteiger partial charge on any atom is -0.611 e. The van der Waals surface area contributed by atoms with Gasteiger partial charge in [0, 0.05) is 17.3 Å². The summed E-state index contributed by atoms with van der Waals surface area (Å²) in [4.78, 5) is 0.153. The van der Waals surface area contributed by atoms with Gasteiger partial charge in [-0.25, -0.2) is 0 Å². The van der Waals surface area contributed by atoms with Crippen LogP contribution in [0.2, 0.25) is 0 Å². The van der Waals surface area contributed by atoms with Gasteiger partial charge in [-0.2, -0.15) is 13.2 Å². The molecule has 0 spiro atoms. The lowest BCUT2D eigenvalue weighted by molar-refractivity contribution is -0.106. The topological polar surface area (TPSA) is 49.1 Å². The maximum Gasteiger partial charge on any atom is 0.433 e. The molecule has 16 heavy (non-hydrogen) atoms. The summed E-state index contributed by atoms with van der Waals surface area (Å²) in [5.41, 5.74) is 7.27. The Morgan fingerprint density at radius 1 is 1.25 bits per heavy atom. The van der Waals surface area contributed by atoms with Gasteiger partial charge in [0.2, 0.25) is 5.75 Å². The number of rotatable bonds is 2. The van der Waals surface area contributed by atoms with E-state index in [9.17, 15) is 17.7 Å². The van der Waals surface area contributed by atoms with Crippen LogP contribution < -0.4 is 5.73 Å². The van der Waals surface area contributed by atoms with E-state index in [1.165, 1.54) is 6.07 Å². The molecule has 1 rings (SSSR count). The predicted molar refractivity (Wildman–Crippen MR) is 57.7 cm³/mol. The Morgan fingerprint density at radius 2 is 1.81 bits per heavy atom. The maximum absolute atomic E-state index is 12.1. The van der Waals surface area contributed by atoms with Crippen LogP contribution in [-0.2, 0) is 11.2 Å². The molecule has 0 fully saturated rings. The fourth-order valence-corrected chi connectivity index (χ4v) is 2.45. The van der Waals surface area contributed by atoms with Gasteiger partial charge in [0.05, 0.1) is 0 Å². The van der Waals surface area contributed by atoms with Crippen molar-refractivity contribution in [2.45, 2.75) is 24.9 Å². The van der Waals surface area contributed by atoms with E-state index in [0.29, 0.717) is 11.3 Å². The number of nitrogen functional groups attached to an aromatic ring is 1. The SMILES string of the molecule is Cc1cc(C)c([S+]([O-])CC(F)(F)F)cc1N. The summed E-state index contributed by atoms with van der Waals surface area (Å²) in [6.07, 6.45) is -4.43. The van der Waals surface area contributed by atoms with Crippen LogP contribution >= 0.6 is 0 Å². The van der Waals surface area contributed by atoms with Crippen molar-refractivity contribution in [1.29, 1.82) is 0 Å². The van der Waals surface area contributed by atoms with Gasteiger partial charge in [0.25, 0.3) is 0 Å². The quantitative estimate of drug-likeness (QED) is 0.648. The summed E-state index contributed by atoms with van der Waals surface area (Å²) in [6, 6.07) is 2.99. The van der Waals surface area contributed by atoms with Crippen LogP contribution in [0, 0.1) is 13.8 Å². The molecule has 0 aromatic heterocycles. The summed E-state index contributed by atoms with van der Waals surface area (Å²) in [5, 5.41) is 0. The van der Waals surface area contributed by atoms with E-state index in [4.69, 9.17) is 5.73 Å².